The summed E-state index contributed by atoms with van der Waals surface area (Å²) in [5.41, 5.74) is 0.924. The van der Waals surface area contributed by atoms with Crippen molar-refractivity contribution in [3.8, 4) is 0 Å². The molecule has 3 N–H and O–H groups in total. The molecule has 0 aliphatic carbocycles. The second-order valence-electron chi connectivity index (χ2n) is 3.68. The van der Waals surface area contributed by atoms with Gasteiger partial charge in [-0.15, -0.1) is 0 Å². The molecule has 1 heterocycles. The van der Waals surface area contributed by atoms with Crippen molar-refractivity contribution in [2.45, 2.75) is 26.3 Å². The monoisotopic (exact) mass is 226 g/mol. The van der Waals surface area contributed by atoms with Gasteiger partial charge in [0.1, 0.15) is 5.82 Å². The predicted octanol–water partition coefficient (Wildman–Crippen LogP) is 0.485. The summed E-state index contributed by atoms with van der Waals surface area (Å²) in [4.78, 5) is 11.5. The number of aromatic nitrogens is 2. The zero-order valence-electron chi connectivity index (χ0n) is 9.82. The van der Waals surface area contributed by atoms with Crippen molar-refractivity contribution in [3.05, 3.63) is 11.8 Å². The Hall–Kier alpha value is -1.56. The fraction of sp³-hybridized carbons (Fsp3) is 0.600. The summed E-state index contributed by atoms with van der Waals surface area (Å²) in [6, 6.07) is 1.22. The SMILES string of the molecule is CCc1cc(NC(=O)NC(C)CO)n(C)n1. The van der Waals surface area contributed by atoms with Gasteiger partial charge in [0.2, 0.25) is 0 Å². The summed E-state index contributed by atoms with van der Waals surface area (Å²) in [6.45, 7) is 3.64. The molecule has 0 fully saturated rings. The number of carbonyl (C=O) groups excluding carboxylic acids is 1. The Morgan fingerprint density at radius 1 is 1.69 bits per heavy atom. The Labute approximate surface area is 94.6 Å². The number of carbonyl (C=O) groups is 1. The number of anilines is 1. The molecule has 16 heavy (non-hydrogen) atoms. The van der Waals surface area contributed by atoms with E-state index in [1.807, 2.05) is 13.0 Å². The molecule has 0 saturated carbocycles. The highest BCUT2D eigenvalue weighted by Crippen LogP contribution is 2.09. The average Bonchev–Trinajstić information content (AvgIpc) is 2.59. The van der Waals surface area contributed by atoms with Gasteiger partial charge in [-0.05, 0) is 13.3 Å². The van der Waals surface area contributed by atoms with Crippen LogP contribution in [0.2, 0.25) is 0 Å². The van der Waals surface area contributed by atoms with Crippen LogP contribution in [0.4, 0.5) is 10.6 Å². The largest absolute Gasteiger partial charge is 0.394 e. The van der Waals surface area contributed by atoms with Gasteiger partial charge in [-0.1, -0.05) is 6.92 Å². The van der Waals surface area contributed by atoms with Crippen molar-refractivity contribution in [1.82, 2.24) is 15.1 Å². The molecule has 1 atom stereocenters. The highest BCUT2D eigenvalue weighted by atomic mass is 16.3. The van der Waals surface area contributed by atoms with Crippen LogP contribution in [0.15, 0.2) is 6.07 Å². The van der Waals surface area contributed by atoms with E-state index in [9.17, 15) is 4.79 Å². The Kier molecular flexibility index (Phi) is 4.30. The summed E-state index contributed by atoms with van der Waals surface area (Å²) in [5, 5.41) is 18.3. The van der Waals surface area contributed by atoms with E-state index in [2.05, 4.69) is 15.7 Å². The molecule has 0 spiro atoms. The molecule has 0 aliphatic heterocycles. The van der Waals surface area contributed by atoms with Gasteiger partial charge in [0.05, 0.1) is 18.3 Å². The van der Waals surface area contributed by atoms with Crippen LogP contribution >= 0.6 is 0 Å². The Morgan fingerprint density at radius 2 is 2.38 bits per heavy atom. The predicted molar refractivity (Wildman–Crippen MR) is 61.3 cm³/mol. The zero-order valence-corrected chi connectivity index (χ0v) is 9.82. The fourth-order valence-electron chi connectivity index (χ4n) is 1.24. The normalized spacial score (nSPS) is 12.2. The summed E-state index contributed by atoms with van der Waals surface area (Å²) >= 11 is 0. The first kappa shape index (κ1) is 12.5. The van der Waals surface area contributed by atoms with E-state index < -0.39 is 0 Å². The third-order valence-electron chi connectivity index (χ3n) is 2.19. The number of hydrogen-bond acceptors (Lipinski definition) is 3. The third-order valence-corrected chi connectivity index (χ3v) is 2.19. The van der Waals surface area contributed by atoms with Gasteiger partial charge >= 0.3 is 6.03 Å². The van der Waals surface area contributed by atoms with Gasteiger partial charge in [0.25, 0.3) is 0 Å². The van der Waals surface area contributed by atoms with E-state index in [4.69, 9.17) is 5.11 Å². The number of aliphatic hydroxyl groups is 1. The molecule has 6 heteroatoms. The zero-order chi connectivity index (χ0) is 12.1. The second kappa shape index (κ2) is 5.50. The lowest BCUT2D eigenvalue weighted by Gasteiger charge is -2.11. The summed E-state index contributed by atoms with van der Waals surface area (Å²) in [6.07, 6.45) is 0.824. The average molecular weight is 226 g/mol. The van der Waals surface area contributed by atoms with Crippen molar-refractivity contribution >= 4 is 11.8 Å². The van der Waals surface area contributed by atoms with E-state index in [0.29, 0.717) is 5.82 Å². The molecule has 90 valence electrons. The number of aliphatic hydroxyl groups excluding tert-OH is 1. The van der Waals surface area contributed by atoms with E-state index >= 15 is 0 Å². The van der Waals surface area contributed by atoms with E-state index in [1.165, 1.54) is 0 Å². The van der Waals surface area contributed by atoms with Crippen LogP contribution in [0.25, 0.3) is 0 Å². The number of nitrogens with one attached hydrogen (secondary N) is 2. The van der Waals surface area contributed by atoms with Crippen LogP contribution in [-0.4, -0.2) is 33.6 Å². The molecule has 0 saturated heterocycles. The van der Waals surface area contributed by atoms with Crippen LogP contribution in [0, 0.1) is 0 Å². The summed E-state index contributed by atoms with van der Waals surface area (Å²) in [7, 11) is 1.77. The third kappa shape index (κ3) is 3.23. The van der Waals surface area contributed by atoms with Crippen LogP contribution < -0.4 is 10.6 Å². The minimum Gasteiger partial charge on any atom is -0.394 e. The molecule has 0 bridgehead atoms. The van der Waals surface area contributed by atoms with Crippen molar-refractivity contribution in [2.24, 2.45) is 7.05 Å². The molecule has 6 nitrogen and oxygen atoms in total. The molecule has 1 aromatic heterocycles. The molecular formula is C10H18N4O2. The lowest BCUT2D eigenvalue weighted by molar-refractivity contribution is 0.229. The Bertz CT molecular complexity index is 362. The Morgan fingerprint density at radius 3 is 2.88 bits per heavy atom. The topological polar surface area (TPSA) is 79.2 Å². The lowest BCUT2D eigenvalue weighted by atomic mass is 10.3. The van der Waals surface area contributed by atoms with Crippen LogP contribution in [-0.2, 0) is 13.5 Å². The minimum absolute atomic E-state index is 0.0843. The van der Waals surface area contributed by atoms with Crippen molar-refractivity contribution in [3.63, 3.8) is 0 Å². The maximum absolute atomic E-state index is 11.5. The highest BCUT2D eigenvalue weighted by molar-refractivity contribution is 5.88. The van der Waals surface area contributed by atoms with E-state index in [-0.39, 0.29) is 18.7 Å². The smallest absolute Gasteiger partial charge is 0.320 e. The number of aryl methyl sites for hydroxylation is 2. The molecular weight excluding hydrogens is 208 g/mol. The lowest BCUT2D eigenvalue weighted by Crippen LogP contribution is -2.38. The maximum Gasteiger partial charge on any atom is 0.320 e. The standard InChI is InChI=1S/C10H18N4O2/c1-4-8-5-9(14(3)13-8)12-10(16)11-7(2)6-15/h5,7,15H,4,6H2,1-3H3,(H2,11,12,16). The van der Waals surface area contributed by atoms with Gasteiger partial charge < -0.3 is 10.4 Å². The van der Waals surface area contributed by atoms with Crippen LogP contribution in [0.1, 0.15) is 19.5 Å². The highest BCUT2D eigenvalue weighted by Gasteiger charge is 2.09. The molecule has 2 amide bonds. The molecule has 0 radical (unpaired) electrons. The van der Waals surface area contributed by atoms with Crippen LogP contribution in [0.5, 0.6) is 0 Å². The molecule has 1 unspecified atom stereocenters. The first-order valence-corrected chi connectivity index (χ1v) is 5.28. The van der Waals surface area contributed by atoms with Gasteiger partial charge in [0.15, 0.2) is 0 Å². The molecule has 0 aromatic carbocycles. The van der Waals surface area contributed by atoms with E-state index in [0.717, 1.165) is 12.1 Å². The van der Waals surface area contributed by atoms with Crippen molar-refractivity contribution in [1.29, 1.82) is 0 Å². The number of urea groups is 1. The number of hydrogen-bond donors (Lipinski definition) is 3. The van der Waals surface area contributed by atoms with Gasteiger partial charge in [-0.3, -0.25) is 10.00 Å². The quantitative estimate of drug-likeness (QED) is 0.699. The maximum atomic E-state index is 11.5. The number of nitrogens with zero attached hydrogens (tertiary/aromatic N) is 2. The Balaban J connectivity index is 2.58. The minimum atomic E-state index is -0.341. The van der Waals surface area contributed by atoms with Crippen molar-refractivity contribution in [2.75, 3.05) is 11.9 Å². The number of amides is 2. The first-order valence-electron chi connectivity index (χ1n) is 5.28. The van der Waals surface area contributed by atoms with Crippen LogP contribution in [0.3, 0.4) is 0 Å². The molecule has 0 aliphatic rings. The van der Waals surface area contributed by atoms with Crippen molar-refractivity contribution < 1.29 is 9.90 Å². The van der Waals surface area contributed by atoms with Gasteiger partial charge in [-0.2, -0.15) is 5.10 Å². The number of rotatable bonds is 4. The molecule has 1 aromatic rings. The summed E-state index contributed by atoms with van der Waals surface area (Å²) < 4.78 is 1.61. The fourth-order valence-corrected chi connectivity index (χ4v) is 1.24. The van der Waals surface area contributed by atoms with Gasteiger partial charge in [-0.25, -0.2) is 4.79 Å². The first-order chi connectivity index (χ1) is 7.56. The van der Waals surface area contributed by atoms with E-state index in [1.54, 1.807) is 18.7 Å². The van der Waals surface area contributed by atoms with Gasteiger partial charge in [0, 0.05) is 13.1 Å². The molecule has 1 rings (SSSR count). The summed E-state index contributed by atoms with van der Waals surface area (Å²) in [5.74, 6) is 0.638. The second-order valence-corrected chi connectivity index (χ2v) is 3.68.